The van der Waals surface area contributed by atoms with Gasteiger partial charge in [-0.05, 0) is 30.3 Å². The summed E-state index contributed by atoms with van der Waals surface area (Å²) in [6.45, 7) is 0. The topological polar surface area (TPSA) is 141 Å². The average Bonchev–Trinajstić information content (AvgIpc) is 2.64. The minimum Gasteiger partial charge on any atom is -0.497 e. The van der Waals surface area contributed by atoms with Gasteiger partial charge in [0.05, 0.1) is 28.4 Å². The van der Waals surface area contributed by atoms with Crippen LogP contribution in [0.2, 0.25) is 0 Å². The van der Waals surface area contributed by atoms with E-state index in [9.17, 15) is 34.2 Å². The van der Waals surface area contributed by atoms with Crippen molar-refractivity contribution in [3.05, 3.63) is 53.6 Å². The van der Waals surface area contributed by atoms with Crippen LogP contribution in [0.5, 0.6) is 5.75 Å². The minimum atomic E-state index is -3.77. The van der Waals surface area contributed by atoms with E-state index in [-0.39, 0.29) is 9.79 Å². The molecule has 0 amide bonds. The first-order valence-electron chi connectivity index (χ1n) is 7.31. The molecule has 26 heavy (non-hydrogen) atoms. The van der Waals surface area contributed by atoms with Gasteiger partial charge in [-0.2, -0.15) is 0 Å². The number of ether oxygens (including phenoxy) is 1. The molecule has 0 saturated carbocycles. The number of rotatable bonds is 3. The standard InChI is InChI=1S/C17H14O8S/c1-25-9-5-7-10(8-6-9)26(24)12-4-2-3-11-13(12)15(19)17(22,23)16(20,21)14(11)18/h2-8,20-23H,1H3. The molecule has 0 fully saturated rings. The van der Waals surface area contributed by atoms with Crippen molar-refractivity contribution in [2.75, 3.05) is 7.11 Å². The maximum atomic E-state index is 12.9. The smallest absolute Gasteiger partial charge is 0.292 e. The van der Waals surface area contributed by atoms with Crippen LogP contribution >= 0.6 is 0 Å². The van der Waals surface area contributed by atoms with E-state index in [2.05, 4.69) is 0 Å². The Kier molecular flexibility index (Phi) is 4.29. The molecule has 0 saturated heterocycles. The van der Waals surface area contributed by atoms with E-state index in [1.807, 2.05) is 0 Å². The van der Waals surface area contributed by atoms with Crippen LogP contribution in [0.1, 0.15) is 20.7 Å². The predicted molar refractivity (Wildman–Crippen MR) is 87.1 cm³/mol. The number of aliphatic hydroxyl groups is 4. The largest absolute Gasteiger partial charge is 0.497 e. The van der Waals surface area contributed by atoms with Crippen molar-refractivity contribution in [1.82, 2.24) is 0 Å². The SMILES string of the molecule is COc1ccc(S(=O)c2cccc3c2C(=O)C(O)(O)C(O)(O)C3=O)cc1. The molecule has 2 aromatic carbocycles. The molecule has 0 aromatic heterocycles. The van der Waals surface area contributed by atoms with Gasteiger partial charge in [-0.3, -0.25) is 9.59 Å². The molecule has 0 spiro atoms. The van der Waals surface area contributed by atoms with Gasteiger partial charge in [0.25, 0.3) is 11.6 Å². The summed E-state index contributed by atoms with van der Waals surface area (Å²) in [4.78, 5) is 24.7. The molecule has 0 aliphatic heterocycles. The summed E-state index contributed by atoms with van der Waals surface area (Å²) in [5.41, 5.74) is -0.992. The first kappa shape index (κ1) is 18.4. The van der Waals surface area contributed by atoms with E-state index >= 15 is 0 Å². The molecular formula is C17H14O8S. The number of fused-ring (bicyclic) bond motifs is 1. The molecule has 0 bridgehead atoms. The highest BCUT2D eigenvalue weighted by Gasteiger charge is 2.63. The predicted octanol–water partition coefficient (Wildman–Crippen LogP) is -0.397. The van der Waals surface area contributed by atoms with Crippen molar-refractivity contribution in [3.8, 4) is 5.75 Å². The van der Waals surface area contributed by atoms with Gasteiger partial charge < -0.3 is 25.2 Å². The van der Waals surface area contributed by atoms with Gasteiger partial charge in [-0.25, -0.2) is 4.21 Å². The Bertz CT molecular complexity index is 930. The fraction of sp³-hybridized carbons (Fsp3) is 0.176. The number of hydrogen-bond donors (Lipinski definition) is 4. The van der Waals surface area contributed by atoms with E-state index < -0.39 is 45.1 Å². The Morgan fingerprint density at radius 3 is 2.04 bits per heavy atom. The van der Waals surface area contributed by atoms with Crippen LogP contribution in [-0.4, -0.2) is 54.9 Å². The third-order valence-electron chi connectivity index (χ3n) is 4.09. The molecule has 8 nitrogen and oxygen atoms in total. The lowest BCUT2D eigenvalue weighted by molar-refractivity contribution is -0.299. The molecule has 1 aliphatic carbocycles. The second kappa shape index (κ2) is 6.08. The van der Waals surface area contributed by atoms with E-state index in [1.165, 1.54) is 31.4 Å². The van der Waals surface area contributed by atoms with Gasteiger partial charge in [0, 0.05) is 10.5 Å². The van der Waals surface area contributed by atoms with Gasteiger partial charge in [-0.1, -0.05) is 12.1 Å². The van der Waals surface area contributed by atoms with Crippen LogP contribution in [0.3, 0.4) is 0 Å². The van der Waals surface area contributed by atoms with Crippen LogP contribution in [0.25, 0.3) is 0 Å². The van der Waals surface area contributed by atoms with Crippen molar-refractivity contribution < 1.29 is 39.0 Å². The van der Waals surface area contributed by atoms with Crippen LogP contribution in [0, 0.1) is 0 Å². The number of methoxy groups -OCH3 is 1. The molecule has 3 rings (SSSR count). The summed E-state index contributed by atoms with van der Waals surface area (Å²) < 4.78 is 17.9. The summed E-state index contributed by atoms with van der Waals surface area (Å²) in [6.07, 6.45) is 0. The van der Waals surface area contributed by atoms with Crippen LogP contribution in [0.4, 0.5) is 0 Å². The summed E-state index contributed by atoms with van der Waals surface area (Å²) in [5.74, 6) is -9.98. The number of hydrogen-bond acceptors (Lipinski definition) is 8. The van der Waals surface area contributed by atoms with E-state index in [0.29, 0.717) is 5.75 Å². The number of carbonyl (C=O) groups is 2. The maximum Gasteiger partial charge on any atom is 0.292 e. The zero-order chi connectivity index (χ0) is 19.3. The molecule has 136 valence electrons. The second-order valence-corrected chi connectivity index (χ2v) is 7.07. The van der Waals surface area contributed by atoms with E-state index in [4.69, 9.17) is 4.74 Å². The van der Waals surface area contributed by atoms with Crippen molar-refractivity contribution >= 4 is 22.4 Å². The Balaban J connectivity index is 2.18. The number of benzene rings is 2. The van der Waals surface area contributed by atoms with Crippen molar-refractivity contribution in [2.24, 2.45) is 0 Å². The molecule has 1 aliphatic rings. The van der Waals surface area contributed by atoms with Gasteiger partial charge in [0.1, 0.15) is 5.75 Å². The Labute approximate surface area is 149 Å². The third-order valence-corrected chi connectivity index (χ3v) is 5.53. The highest BCUT2D eigenvalue weighted by molar-refractivity contribution is 7.85. The molecule has 1 atom stereocenters. The lowest BCUT2D eigenvalue weighted by Gasteiger charge is -2.37. The van der Waals surface area contributed by atoms with Gasteiger partial charge >= 0.3 is 0 Å². The summed E-state index contributed by atoms with van der Waals surface area (Å²) in [6, 6.07) is 9.75. The zero-order valence-corrected chi connectivity index (χ0v) is 14.2. The summed E-state index contributed by atoms with van der Waals surface area (Å²) in [7, 11) is -0.494. The molecule has 0 radical (unpaired) electrons. The maximum absolute atomic E-state index is 12.9. The quantitative estimate of drug-likeness (QED) is 0.529. The first-order chi connectivity index (χ1) is 12.1. The number of Topliss-reactive ketones (excluding diaryl/α,β-unsaturated/α-hetero) is 2. The Morgan fingerprint density at radius 2 is 1.46 bits per heavy atom. The van der Waals surface area contributed by atoms with Gasteiger partial charge in [0.15, 0.2) is 0 Å². The molecular weight excluding hydrogens is 364 g/mol. The number of ketones is 2. The van der Waals surface area contributed by atoms with E-state index in [1.54, 1.807) is 12.1 Å². The van der Waals surface area contributed by atoms with Gasteiger partial charge in [0.2, 0.25) is 11.6 Å². The lowest BCUT2D eigenvalue weighted by Crippen LogP contribution is -2.66. The molecule has 2 aromatic rings. The van der Waals surface area contributed by atoms with Gasteiger partial charge in [-0.15, -0.1) is 0 Å². The highest BCUT2D eigenvalue weighted by Crippen LogP contribution is 2.37. The highest BCUT2D eigenvalue weighted by atomic mass is 32.2. The second-order valence-electron chi connectivity index (χ2n) is 5.63. The lowest BCUT2D eigenvalue weighted by atomic mass is 9.80. The van der Waals surface area contributed by atoms with Crippen LogP contribution in [-0.2, 0) is 10.8 Å². The average molecular weight is 378 g/mol. The molecule has 4 N–H and O–H groups in total. The fourth-order valence-corrected chi connectivity index (χ4v) is 3.84. The molecule has 1 unspecified atom stereocenters. The van der Waals surface area contributed by atoms with Crippen molar-refractivity contribution in [3.63, 3.8) is 0 Å². The van der Waals surface area contributed by atoms with E-state index in [0.717, 1.165) is 6.07 Å². The Morgan fingerprint density at radius 1 is 0.885 bits per heavy atom. The van der Waals surface area contributed by atoms with Crippen LogP contribution in [0.15, 0.2) is 52.3 Å². The van der Waals surface area contributed by atoms with Crippen molar-refractivity contribution in [1.29, 1.82) is 0 Å². The normalized spacial score (nSPS) is 19.0. The minimum absolute atomic E-state index is 0.158. The zero-order valence-electron chi connectivity index (χ0n) is 13.4. The third kappa shape index (κ3) is 2.49. The monoisotopic (exact) mass is 378 g/mol. The first-order valence-corrected chi connectivity index (χ1v) is 8.46. The van der Waals surface area contributed by atoms with Crippen molar-refractivity contribution in [2.45, 2.75) is 21.4 Å². The van der Waals surface area contributed by atoms with Crippen LogP contribution < -0.4 is 4.74 Å². The number of carbonyl (C=O) groups excluding carboxylic acids is 2. The fourth-order valence-electron chi connectivity index (χ4n) is 2.61. The Hall–Kier alpha value is -2.43. The molecule has 0 heterocycles. The molecule has 9 heteroatoms. The summed E-state index contributed by atoms with van der Waals surface area (Å²) in [5, 5.41) is 39.0. The summed E-state index contributed by atoms with van der Waals surface area (Å²) >= 11 is 0.